The smallest absolute Gasteiger partial charge is 0.337 e. The molecular formula is C30H29N5O4S. The molecule has 0 spiro atoms. The average Bonchev–Trinajstić information content (AvgIpc) is 3.56. The van der Waals surface area contributed by atoms with E-state index in [1.807, 2.05) is 61.5 Å². The number of amides is 2. The van der Waals surface area contributed by atoms with E-state index in [-0.39, 0.29) is 11.8 Å². The Balaban J connectivity index is 1.53. The number of fused-ring (bicyclic) bond motifs is 2. The number of hydrogen-bond acceptors (Lipinski definition) is 8. The molecule has 5 rings (SSSR count). The number of benzene rings is 3. The number of nitrogens with zero attached hydrogens (tertiary/aromatic N) is 3. The van der Waals surface area contributed by atoms with Crippen molar-refractivity contribution in [1.82, 2.24) is 9.88 Å². The molecule has 0 aliphatic carbocycles. The van der Waals surface area contributed by atoms with Crippen molar-refractivity contribution in [1.29, 1.82) is 0 Å². The largest absolute Gasteiger partial charge is 0.465 e. The lowest BCUT2D eigenvalue weighted by molar-refractivity contribution is -0.118. The molecule has 0 bridgehead atoms. The fraction of sp³-hybridized carbons (Fsp3) is 0.200. The van der Waals surface area contributed by atoms with E-state index in [0.717, 1.165) is 27.2 Å². The molecule has 3 aromatic carbocycles. The molecule has 0 saturated carbocycles. The predicted octanol–water partition coefficient (Wildman–Crippen LogP) is 4.93. The molecule has 0 unspecified atom stereocenters. The summed E-state index contributed by atoms with van der Waals surface area (Å²) in [6.07, 6.45) is 0.423. The summed E-state index contributed by atoms with van der Waals surface area (Å²) in [5.74, 6) is -0.735. The fourth-order valence-electron chi connectivity index (χ4n) is 4.50. The molecule has 1 aliphatic heterocycles. The summed E-state index contributed by atoms with van der Waals surface area (Å²) in [7, 11) is 6.96. The minimum Gasteiger partial charge on any atom is -0.465 e. The SMILES string of the molecule is COC(=O)c1ccc2c(c1)NC(=O)C2=C(Nc1ccc(N(C)C(=O)CCN(C)C)cc1)c1ccc2ncsc2c1. The summed E-state index contributed by atoms with van der Waals surface area (Å²) in [4.78, 5) is 46.0. The van der Waals surface area contributed by atoms with E-state index in [9.17, 15) is 14.4 Å². The Morgan fingerprint density at radius 1 is 1.00 bits per heavy atom. The molecule has 204 valence electrons. The maximum atomic E-state index is 13.3. The van der Waals surface area contributed by atoms with Gasteiger partial charge in [0.15, 0.2) is 0 Å². The van der Waals surface area contributed by atoms with Crippen LogP contribution in [0.15, 0.2) is 66.2 Å². The number of thiazole rings is 1. The van der Waals surface area contributed by atoms with Crippen LogP contribution in [-0.4, -0.2) is 62.5 Å². The van der Waals surface area contributed by atoms with Crippen molar-refractivity contribution in [3.05, 3.63) is 82.9 Å². The summed E-state index contributed by atoms with van der Waals surface area (Å²) < 4.78 is 5.83. The standard InChI is InChI=1S/C30H29N5O4S/c1-34(2)14-13-26(36)35(3)21-9-7-20(8-10-21)32-28(18-6-12-23-25(16-18)40-17-31-23)27-22-11-5-19(30(38)39-4)15-24(22)33-29(27)37/h5-12,15-17,32H,13-14H2,1-4H3,(H,33,37). The lowest BCUT2D eigenvalue weighted by Gasteiger charge is -2.20. The number of carbonyl (C=O) groups is 3. The van der Waals surface area contributed by atoms with Crippen LogP contribution in [0.1, 0.15) is 27.9 Å². The first kappa shape index (κ1) is 27.0. The van der Waals surface area contributed by atoms with E-state index in [4.69, 9.17) is 4.74 Å². The van der Waals surface area contributed by atoms with Crippen molar-refractivity contribution in [3.63, 3.8) is 0 Å². The van der Waals surface area contributed by atoms with E-state index in [1.54, 1.807) is 35.7 Å². The minimum atomic E-state index is -0.478. The molecule has 1 aromatic heterocycles. The third kappa shape index (κ3) is 5.45. The topological polar surface area (TPSA) is 104 Å². The highest BCUT2D eigenvalue weighted by Gasteiger charge is 2.29. The second-order valence-corrected chi connectivity index (χ2v) is 10.6. The second-order valence-electron chi connectivity index (χ2n) is 9.67. The molecule has 40 heavy (non-hydrogen) atoms. The van der Waals surface area contributed by atoms with Crippen molar-refractivity contribution in [3.8, 4) is 0 Å². The van der Waals surface area contributed by atoms with Crippen LogP contribution < -0.4 is 15.5 Å². The monoisotopic (exact) mass is 555 g/mol. The Morgan fingerprint density at radius 3 is 2.48 bits per heavy atom. The highest BCUT2D eigenvalue weighted by atomic mass is 32.1. The van der Waals surface area contributed by atoms with Crippen LogP contribution in [0.2, 0.25) is 0 Å². The normalized spacial score (nSPS) is 13.7. The van der Waals surface area contributed by atoms with Gasteiger partial charge in [0, 0.05) is 42.5 Å². The number of rotatable bonds is 8. The van der Waals surface area contributed by atoms with Crippen molar-refractivity contribution >= 4 is 67.7 Å². The van der Waals surface area contributed by atoms with Crippen molar-refractivity contribution in [2.45, 2.75) is 6.42 Å². The summed E-state index contributed by atoms with van der Waals surface area (Å²) in [6, 6.07) is 18.4. The molecular weight excluding hydrogens is 526 g/mol. The molecule has 9 nitrogen and oxygen atoms in total. The Kier molecular flexibility index (Phi) is 7.63. The van der Waals surface area contributed by atoms with Gasteiger partial charge in [-0.3, -0.25) is 9.59 Å². The molecule has 4 aromatic rings. The Labute approximate surface area is 236 Å². The zero-order valence-corrected chi connectivity index (χ0v) is 23.5. The van der Waals surface area contributed by atoms with Crippen LogP contribution >= 0.6 is 11.3 Å². The number of methoxy groups -OCH3 is 1. The van der Waals surface area contributed by atoms with Gasteiger partial charge in [0.1, 0.15) is 0 Å². The van der Waals surface area contributed by atoms with Gasteiger partial charge < -0.3 is 25.2 Å². The maximum absolute atomic E-state index is 13.3. The van der Waals surface area contributed by atoms with Gasteiger partial charge in [0.25, 0.3) is 5.91 Å². The van der Waals surface area contributed by atoms with E-state index >= 15 is 0 Å². The van der Waals surface area contributed by atoms with Gasteiger partial charge in [-0.25, -0.2) is 9.78 Å². The minimum absolute atomic E-state index is 0.0284. The molecule has 0 radical (unpaired) electrons. The molecule has 0 saturated heterocycles. The second kappa shape index (κ2) is 11.3. The molecule has 0 atom stereocenters. The third-order valence-corrected chi connectivity index (χ3v) is 7.52. The van der Waals surface area contributed by atoms with Crippen LogP contribution in [0.3, 0.4) is 0 Å². The molecule has 2 amide bonds. The first-order chi connectivity index (χ1) is 19.2. The number of anilines is 3. The van der Waals surface area contributed by atoms with Crippen LogP contribution in [0.4, 0.5) is 17.1 Å². The number of ether oxygens (including phenoxy) is 1. The van der Waals surface area contributed by atoms with E-state index in [1.165, 1.54) is 18.4 Å². The quantitative estimate of drug-likeness (QED) is 0.235. The number of esters is 1. The van der Waals surface area contributed by atoms with Crippen LogP contribution in [0, 0.1) is 0 Å². The Morgan fingerprint density at radius 2 is 1.75 bits per heavy atom. The number of hydrogen-bond donors (Lipinski definition) is 2. The van der Waals surface area contributed by atoms with Gasteiger partial charge in [0.2, 0.25) is 5.91 Å². The summed E-state index contributed by atoms with van der Waals surface area (Å²) in [5.41, 5.74) is 7.62. The number of carbonyl (C=O) groups excluding carboxylic acids is 3. The van der Waals surface area contributed by atoms with Gasteiger partial charge in [0.05, 0.1) is 45.4 Å². The molecule has 1 aliphatic rings. The average molecular weight is 556 g/mol. The van der Waals surface area contributed by atoms with E-state index in [0.29, 0.717) is 41.1 Å². The zero-order valence-electron chi connectivity index (χ0n) is 22.6. The van der Waals surface area contributed by atoms with E-state index < -0.39 is 5.97 Å². The Bertz CT molecular complexity index is 1640. The van der Waals surface area contributed by atoms with Gasteiger partial charge in [-0.1, -0.05) is 12.1 Å². The summed E-state index contributed by atoms with van der Waals surface area (Å²) in [6.45, 7) is 0.675. The van der Waals surface area contributed by atoms with Crippen LogP contribution in [0.5, 0.6) is 0 Å². The fourth-order valence-corrected chi connectivity index (χ4v) is 5.22. The molecule has 10 heteroatoms. The van der Waals surface area contributed by atoms with Gasteiger partial charge in [-0.2, -0.15) is 0 Å². The van der Waals surface area contributed by atoms with Crippen molar-refractivity contribution < 1.29 is 19.1 Å². The summed E-state index contributed by atoms with van der Waals surface area (Å²) >= 11 is 1.52. The number of nitrogens with one attached hydrogen (secondary N) is 2. The number of aromatic nitrogens is 1. The first-order valence-electron chi connectivity index (χ1n) is 12.7. The zero-order chi connectivity index (χ0) is 28.4. The van der Waals surface area contributed by atoms with Crippen molar-refractivity contribution in [2.75, 3.05) is 50.3 Å². The van der Waals surface area contributed by atoms with Crippen molar-refractivity contribution in [2.24, 2.45) is 0 Å². The summed E-state index contributed by atoms with van der Waals surface area (Å²) in [5, 5.41) is 6.34. The van der Waals surface area contributed by atoms with Gasteiger partial charge in [-0.15, -0.1) is 11.3 Å². The lowest BCUT2D eigenvalue weighted by Crippen LogP contribution is -2.29. The van der Waals surface area contributed by atoms with Gasteiger partial charge in [-0.05, 0) is 62.6 Å². The molecule has 2 N–H and O–H groups in total. The van der Waals surface area contributed by atoms with E-state index in [2.05, 4.69) is 15.6 Å². The molecule has 2 heterocycles. The first-order valence-corrected chi connectivity index (χ1v) is 13.5. The Hall–Kier alpha value is -4.54. The van der Waals surface area contributed by atoms with Crippen LogP contribution in [-0.2, 0) is 14.3 Å². The predicted molar refractivity (Wildman–Crippen MR) is 159 cm³/mol. The van der Waals surface area contributed by atoms with Crippen LogP contribution in [0.25, 0.3) is 21.5 Å². The third-order valence-electron chi connectivity index (χ3n) is 6.73. The highest BCUT2D eigenvalue weighted by molar-refractivity contribution is 7.16. The van der Waals surface area contributed by atoms with Gasteiger partial charge >= 0.3 is 5.97 Å². The lowest BCUT2D eigenvalue weighted by atomic mass is 9.99. The highest BCUT2D eigenvalue weighted by Crippen LogP contribution is 2.39. The maximum Gasteiger partial charge on any atom is 0.337 e. The molecule has 0 fully saturated rings.